The Kier molecular flexibility index (Phi) is 8.34. The molecule has 2 aromatic rings. The van der Waals surface area contributed by atoms with E-state index in [1.165, 1.54) is 18.6 Å². The maximum Gasteiger partial charge on any atom is 0.227 e. The van der Waals surface area contributed by atoms with Crippen molar-refractivity contribution in [2.24, 2.45) is 10.7 Å². The Morgan fingerprint density at radius 1 is 1.19 bits per heavy atom. The fraction of sp³-hybridized carbons (Fsp3) is 0.350. The molecular formula is C20H24F4N6O2. The Bertz CT molecular complexity index is 946. The van der Waals surface area contributed by atoms with E-state index < -0.39 is 35.4 Å². The highest BCUT2D eigenvalue weighted by Gasteiger charge is 2.19. The molecule has 0 atom stereocenters. The first-order valence-corrected chi connectivity index (χ1v) is 9.73. The Hall–Kier alpha value is -3.25. The number of hydrogen-bond donors (Lipinski definition) is 2. The van der Waals surface area contributed by atoms with E-state index in [-0.39, 0.29) is 19.2 Å². The molecule has 0 spiro atoms. The number of anilines is 1. The number of hydrogen-bond acceptors (Lipinski definition) is 8. The first kappa shape index (κ1) is 23.4. The van der Waals surface area contributed by atoms with Gasteiger partial charge in [-0.05, 0) is 0 Å². The second-order valence-corrected chi connectivity index (χ2v) is 6.71. The van der Waals surface area contributed by atoms with Crippen LogP contribution in [0.25, 0.3) is 0 Å². The van der Waals surface area contributed by atoms with Gasteiger partial charge in [-0.25, -0.2) is 27.5 Å². The van der Waals surface area contributed by atoms with Crippen LogP contribution >= 0.6 is 0 Å². The van der Waals surface area contributed by atoms with E-state index in [0.29, 0.717) is 12.2 Å². The number of ether oxygens (including phenoxy) is 2. The number of halogens is 4. The van der Waals surface area contributed by atoms with Crippen molar-refractivity contribution in [2.45, 2.75) is 6.61 Å². The summed E-state index contributed by atoms with van der Waals surface area (Å²) in [6, 6.07) is 0.131. The molecule has 174 valence electrons. The Balaban J connectivity index is 0.00000385. The second-order valence-electron chi connectivity index (χ2n) is 6.71. The third-order valence-corrected chi connectivity index (χ3v) is 4.53. The number of aliphatic imine (C=N–C) groups is 1. The van der Waals surface area contributed by atoms with Gasteiger partial charge in [0.25, 0.3) is 0 Å². The predicted octanol–water partition coefficient (Wildman–Crippen LogP) is 2.47. The lowest BCUT2D eigenvalue weighted by atomic mass is 10.2. The first-order valence-electron chi connectivity index (χ1n) is 9.73. The number of nitrogens with zero attached hydrogens (tertiary/aromatic N) is 4. The van der Waals surface area contributed by atoms with Crippen molar-refractivity contribution in [3.8, 4) is 5.75 Å². The number of allylic oxidation sites excluding steroid dienone is 1. The van der Waals surface area contributed by atoms with E-state index in [2.05, 4.69) is 25.2 Å². The molecule has 0 radical (unpaired) electrons. The van der Waals surface area contributed by atoms with Crippen molar-refractivity contribution in [3.05, 3.63) is 59.2 Å². The van der Waals surface area contributed by atoms with Gasteiger partial charge in [-0.3, -0.25) is 9.89 Å². The lowest BCUT2D eigenvalue weighted by Crippen LogP contribution is -2.37. The van der Waals surface area contributed by atoms with Gasteiger partial charge >= 0.3 is 0 Å². The molecule has 1 aromatic carbocycles. The van der Waals surface area contributed by atoms with Crippen LogP contribution in [0.3, 0.4) is 0 Å². The molecule has 0 saturated carbocycles. The highest BCUT2D eigenvalue weighted by Crippen LogP contribution is 2.21. The summed E-state index contributed by atoms with van der Waals surface area (Å²) >= 11 is 0. The first-order chi connectivity index (χ1) is 15.5. The minimum absolute atomic E-state index is 0. The predicted molar refractivity (Wildman–Crippen MR) is 111 cm³/mol. The van der Waals surface area contributed by atoms with Crippen LogP contribution < -0.4 is 15.8 Å². The molecule has 1 aliphatic heterocycles. The minimum Gasteiger partial charge on any atom is -0.485 e. The molecule has 0 unspecified atom stereocenters. The largest absolute Gasteiger partial charge is 0.485 e. The number of rotatable bonds is 9. The number of benzene rings is 1. The Morgan fingerprint density at radius 3 is 2.47 bits per heavy atom. The molecule has 3 N–H and O–H groups in total. The highest BCUT2D eigenvalue weighted by atomic mass is 19.2. The molecule has 32 heavy (non-hydrogen) atoms. The van der Waals surface area contributed by atoms with Gasteiger partial charge in [0, 0.05) is 39.5 Å². The quantitative estimate of drug-likeness (QED) is 0.340. The molecule has 0 aliphatic carbocycles. The van der Waals surface area contributed by atoms with E-state index >= 15 is 0 Å². The molecule has 1 saturated heterocycles. The molecule has 0 amide bonds. The van der Waals surface area contributed by atoms with Crippen LogP contribution in [0.15, 0.2) is 35.3 Å². The zero-order chi connectivity index (χ0) is 22.9. The van der Waals surface area contributed by atoms with Crippen molar-refractivity contribution < 1.29 is 28.5 Å². The fourth-order valence-electron chi connectivity index (χ4n) is 2.79. The lowest BCUT2D eigenvalue weighted by molar-refractivity contribution is 0.0395. The monoisotopic (exact) mass is 456 g/mol. The summed E-state index contributed by atoms with van der Waals surface area (Å²) in [5.41, 5.74) is 5.17. The van der Waals surface area contributed by atoms with Crippen LogP contribution in [0.2, 0.25) is 0 Å². The molecule has 1 fully saturated rings. The van der Waals surface area contributed by atoms with E-state index in [1.807, 2.05) is 0 Å². The Morgan fingerprint density at radius 2 is 1.84 bits per heavy atom. The molecule has 8 nitrogen and oxygen atoms in total. The summed E-state index contributed by atoms with van der Waals surface area (Å²) < 4.78 is 64.3. The van der Waals surface area contributed by atoms with Crippen LogP contribution in [0.5, 0.6) is 5.75 Å². The van der Waals surface area contributed by atoms with Crippen LogP contribution in [0.4, 0.5) is 23.5 Å². The summed E-state index contributed by atoms with van der Waals surface area (Å²) in [5.74, 6) is -5.85. The smallest absolute Gasteiger partial charge is 0.227 e. The van der Waals surface area contributed by atoms with Gasteiger partial charge in [-0.2, -0.15) is 0 Å². The van der Waals surface area contributed by atoms with Crippen molar-refractivity contribution >= 4 is 12.2 Å². The van der Waals surface area contributed by atoms with E-state index in [1.54, 1.807) is 6.21 Å². The van der Waals surface area contributed by atoms with E-state index in [0.717, 1.165) is 32.8 Å². The molecular weight excluding hydrogens is 432 g/mol. The average Bonchev–Trinajstić information content (AvgIpc) is 2.81. The molecule has 3 rings (SSSR count). The summed E-state index contributed by atoms with van der Waals surface area (Å²) in [4.78, 5) is 14.6. The van der Waals surface area contributed by atoms with Crippen molar-refractivity contribution in [2.75, 3.05) is 44.7 Å². The average molecular weight is 456 g/mol. The second kappa shape index (κ2) is 11.4. The zero-order valence-corrected chi connectivity index (χ0v) is 17.0. The van der Waals surface area contributed by atoms with Gasteiger partial charge < -0.3 is 20.5 Å². The molecule has 12 heteroatoms. The number of nitrogens with one attached hydrogen (secondary N) is 1. The normalized spacial score (nSPS) is 15.3. The van der Waals surface area contributed by atoms with Gasteiger partial charge in [0.2, 0.25) is 5.95 Å². The molecule has 0 bridgehead atoms. The maximum absolute atomic E-state index is 13.7. The van der Waals surface area contributed by atoms with E-state index in [4.69, 9.17) is 15.2 Å². The zero-order valence-electron chi connectivity index (χ0n) is 17.0. The van der Waals surface area contributed by atoms with Gasteiger partial charge in [0.15, 0.2) is 29.0 Å². The summed E-state index contributed by atoms with van der Waals surface area (Å²) in [6.07, 6.45) is 5.31. The van der Waals surface area contributed by atoms with Gasteiger partial charge in [-0.1, -0.05) is 0 Å². The summed E-state index contributed by atoms with van der Waals surface area (Å²) in [7, 11) is 0. The SMILES string of the molecule is N/C=C(\C=NCCN1CCOCC1)Nc1ncc(OCc2c(F)c(F)cc(F)c2F)cn1.[HH]. The van der Waals surface area contributed by atoms with E-state index in [9.17, 15) is 17.6 Å². The van der Waals surface area contributed by atoms with Crippen molar-refractivity contribution in [1.29, 1.82) is 0 Å². The van der Waals surface area contributed by atoms with Crippen LogP contribution in [0, 0.1) is 23.3 Å². The van der Waals surface area contributed by atoms with Crippen molar-refractivity contribution in [3.63, 3.8) is 0 Å². The topological polar surface area (TPSA) is 97.9 Å². The van der Waals surface area contributed by atoms with Crippen molar-refractivity contribution in [1.82, 2.24) is 14.9 Å². The van der Waals surface area contributed by atoms with Crippen LogP contribution in [-0.4, -0.2) is 60.5 Å². The third-order valence-electron chi connectivity index (χ3n) is 4.53. The van der Waals surface area contributed by atoms with Crippen LogP contribution in [-0.2, 0) is 11.3 Å². The standard InChI is InChI=1S/C20H22F4N6O2.H2/c21-16-7-17(22)19(24)15(18(16)23)12-32-14-10-27-20(28-11-14)29-13(8-25)9-26-1-2-30-3-5-31-6-4-30;/h7-11H,1-6,12,25H2,(H,27,28,29);1H/b13-8+,26-9?;. The molecule has 2 heterocycles. The molecule has 1 aliphatic rings. The van der Waals surface area contributed by atoms with Gasteiger partial charge in [0.05, 0.1) is 43.4 Å². The minimum atomic E-state index is -1.52. The fourth-order valence-corrected chi connectivity index (χ4v) is 2.79. The maximum atomic E-state index is 13.7. The lowest BCUT2D eigenvalue weighted by Gasteiger charge is -2.25. The summed E-state index contributed by atoms with van der Waals surface area (Å²) in [6.45, 7) is 3.84. The number of morpholine rings is 1. The highest BCUT2D eigenvalue weighted by molar-refractivity contribution is 5.81. The van der Waals surface area contributed by atoms with Crippen LogP contribution in [0.1, 0.15) is 6.99 Å². The third kappa shape index (κ3) is 6.37. The van der Waals surface area contributed by atoms with Gasteiger partial charge in [-0.15, -0.1) is 0 Å². The van der Waals surface area contributed by atoms with Gasteiger partial charge in [0.1, 0.15) is 6.61 Å². The summed E-state index contributed by atoms with van der Waals surface area (Å²) in [5, 5.41) is 2.86. The number of nitrogens with two attached hydrogens (primary N) is 1. The number of aromatic nitrogens is 2. The Labute approximate surface area is 183 Å². The molecule has 1 aromatic heterocycles.